The number of nitro benzene ring substituents is 1. The molecule has 0 saturated carbocycles. The number of nitrogens with zero attached hydrogens (tertiary/aromatic N) is 2. The van der Waals surface area contributed by atoms with Crippen LogP contribution in [0.5, 0.6) is 0 Å². The number of hydrogen-bond donors (Lipinski definition) is 0. The van der Waals surface area contributed by atoms with Crippen molar-refractivity contribution in [1.82, 2.24) is 0 Å². The first-order valence-electron chi connectivity index (χ1n) is 6.33. The Morgan fingerprint density at radius 1 is 1.05 bits per heavy atom. The van der Waals surface area contributed by atoms with Crippen LogP contribution in [0.25, 0.3) is 0 Å². The van der Waals surface area contributed by atoms with Crippen molar-refractivity contribution in [1.29, 1.82) is 5.26 Å². The molecule has 6 nitrogen and oxygen atoms in total. The fourth-order valence-corrected chi connectivity index (χ4v) is 3.54. The molecule has 0 spiro atoms. The van der Waals surface area contributed by atoms with Crippen LogP contribution < -0.4 is 0 Å². The van der Waals surface area contributed by atoms with Crippen LogP contribution in [-0.4, -0.2) is 13.3 Å². The van der Waals surface area contributed by atoms with Crippen LogP contribution in [0.2, 0.25) is 0 Å². The molecular formula is C15H12N2O4S. The zero-order valence-electron chi connectivity index (χ0n) is 11.5. The van der Waals surface area contributed by atoms with Gasteiger partial charge in [0, 0.05) is 12.1 Å². The summed E-state index contributed by atoms with van der Waals surface area (Å²) in [6.45, 7) is 0. The van der Waals surface area contributed by atoms with Gasteiger partial charge in [-0.15, -0.1) is 0 Å². The number of sulfone groups is 1. The molecule has 0 heterocycles. The van der Waals surface area contributed by atoms with E-state index in [1.165, 1.54) is 24.3 Å². The lowest BCUT2D eigenvalue weighted by Crippen LogP contribution is -2.08. The quantitative estimate of drug-likeness (QED) is 0.623. The fraction of sp³-hybridized carbons (Fsp3) is 0.133. The predicted octanol–water partition coefficient (Wildman–Crippen LogP) is 2.58. The molecule has 0 aliphatic rings. The van der Waals surface area contributed by atoms with Crippen molar-refractivity contribution >= 4 is 15.5 Å². The number of nitriles is 1. The molecule has 0 aliphatic heterocycles. The van der Waals surface area contributed by atoms with Gasteiger partial charge in [-0.2, -0.15) is 5.26 Å². The zero-order chi connectivity index (χ0) is 16.2. The molecule has 0 unspecified atom stereocenters. The van der Waals surface area contributed by atoms with Crippen LogP contribution >= 0.6 is 0 Å². The van der Waals surface area contributed by atoms with Gasteiger partial charge in [-0.3, -0.25) is 10.1 Å². The zero-order valence-corrected chi connectivity index (χ0v) is 12.3. The second-order valence-electron chi connectivity index (χ2n) is 4.72. The Hall–Kier alpha value is -2.72. The summed E-state index contributed by atoms with van der Waals surface area (Å²) in [5.74, 6) is -0.474. The number of benzene rings is 2. The van der Waals surface area contributed by atoms with Gasteiger partial charge in [0.2, 0.25) is 0 Å². The molecule has 112 valence electrons. The first-order chi connectivity index (χ1) is 10.4. The van der Waals surface area contributed by atoms with E-state index in [1.54, 1.807) is 24.3 Å². The van der Waals surface area contributed by atoms with Gasteiger partial charge in [-0.1, -0.05) is 30.3 Å². The monoisotopic (exact) mass is 316 g/mol. The topological polar surface area (TPSA) is 101 Å². The van der Waals surface area contributed by atoms with E-state index in [0.717, 1.165) is 0 Å². The van der Waals surface area contributed by atoms with Crippen LogP contribution in [0, 0.1) is 21.4 Å². The van der Waals surface area contributed by atoms with E-state index in [2.05, 4.69) is 0 Å². The summed E-state index contributed by atoms with van der Waals surface area (Å²) in [6.07, 6.45) is 0. The maximum atomic E-state index is 12.2. The Kier molecular flexibility index (Phi) is 4.53. The Balaban J connectivity index is 2.18. The van der Waals surface area contributed by atoms with Gasteiger partial charge in [-0.05, 0) is 17.2 Å². The molecule has 0 aliphatic carbocycles. The van der Waals surface area contributed by atoms with Crippen molar-refractivity contribution in [2.45, 2.75) is 11.5 Å². The second kappa shape index (κ2) is 6.37. The average molecular weight is 316 g/mol. The summed E-state index contributed by atoms with van der Waals surface area (Å²) >= 11 is 0. The van der Waals surface area contributed by atoms with Gasteiger partial charge >= 0.3 is 0 Å². The van der Waals surface area contributed by atoms with Crippen molar-refractivity contribution < 1.29 is 13.3 Å². The summed E-state index contributed by atoms with van der Waals surface area (Å²) in [4.78, 5) is 10.0. The van der Waals surface area contributed by atoms with E-state index in [1.807, 2.05) is 6.07 Å². The molecule has 2 aromatic carbocycles. The third-order valence-electron chi connectivity index (χ3n) is 3.05. The number of nitro groups is 1. The highest BCUT2D eigenvalue weighted by atomic mass is 32.2. The molecule has 2 aromatic rings. The molecule has 7 heteroatoms. The third-order valence-corrected chi connectivity index (χ3v) is 4.57. The highest BCUT2D eigenvalue weighted by molar-refractivity contribution is 7.89. The number of rotatable bonds is 5. The lowest BCUT2D eigenvalue weighted by molar-refractivity contribution is -0.384. The Morgan fingerprint density at radius 2 is 1.68 bits per heavy atom. The second-order valence-corrected chi connectivity index (χ2v) is 6.79. The molecule has 0 atom stereocenters. The van der Waals surface area contributed by atoms with Crippen molar-refractivity contribution in [3.8, 4) is 6.07 Å². The van der Waals surface area contributed by atoms with E-state index in [4.69, 9.17) is 5.26 Å². The normalized spacial score (nSPS) is 10.9. The Bertz CT molecular complexity index is 837. The molecule has 0 radical (unpaired) electrons. The largest absolute Gasteiger partial charge is 0.269 e. The highest BCUT2D eigenvalue weighted by Crippen LogP contribution is 2.18. The van der Waals surface area contributed by atoms with Crippen molar-refractivity contribution in [2.24, 2.45) is 0 Å². The van der Waals surface area contributed by atoms with Crippen LogP contribution in [0.1, 0.15) is 16.7 Å². The summed E-state index contributed by atoms with van der Waals surface area (Å²) in [5.41, 5.74) is 1.16. The average Bonchev–Trinajstić information content (AvgIpc) is 2.47. The maximum absolute atomic E-state index is 12.2. The number of non-ortho nitro benzene ring substituents is 1. The van der Waals surface area contributed by atoms with Crippen LogP contribution in [0.3, 0.4) is 0 Å². The smallest absolute Gasteiger partial charge is 0.258 e. The first-order valence-corrected chi connectivity index (χ1v) is 8.15. The summed E-state index contributed by atoms with van der Waals surface area (Å²) in [6, 6.07) is 13.9. The molecule has 0 amide bonds. The van der Waals surface area contributed by atoms with Crippen LogP contribution in [-0.2, 0) is 21.3 Å². The van der Waals surface area contributed by atoms with Gasteiger partial charge in [0.15, 0.2) is 9.84 Å². The summed E-state index contributed by atoms with van der Waals surface area (Å²) in [5, 5.41) is 19.5. The standard InChI is InChI=1S/C15H12N2O4S/c16-9-13-3-1-2-4-14(13)11-22(20,21)10-12-5-7-15(8-6-12)17(18)19/h1-8H,10-11H2. The molecule has 22 heavy (non-hydrogen) atoms. The minimum atomic E-state index is -3.47. The molecule has 0 aromatic heterocycles. The van der Waals surface area contributed by atoms with Gasteiger partial charge < -0.3 is 0 Å². The van der Waals surface area contributed by atoms with Gasteiger partial charge in [0.05, 0.1) is 28.1 Å². The first kappa shape index (κ1) is 15.7. The van der Waals surface area contributed by atoms with E-state index in [-0.39, 0.29) is 17.2 Å². The third kappa shape index (κ3) is 3.90. The summed E-state index contributed by atoms with van der Waals surface area (Å²) < 4.78 is 24.4. The van der Waals surface area contributed by atoms with E-state index >= 15 is 0 Å². The lowest BCUT2D eigenvalue weighted by Gasteiger charge is -2.06. The van der Waals surface area contributed by atoms with E-state index in [0.29, 0.717) is 16.7 Å². The SMILES string of the molecule is N#Cc1ccccc1CS(=O)(=O)Cc1ccc([N+](=O)[O-])cc1. The van der Waals surface area contributed by atoms with Crippen LogP contribution in [0.15, 0.2) is 48.5 Å². The molecule has 0 N–H and O–H groups in total. The summed E-state index contributed by atoms with van der Waals surface area (Å²) in [7, 11) is -3.47. The van der Waals surface area contributed by atoms with E-state index in [9.17, 15) is 18.5 Å². The highest BCUT2D eigenvalue weighted by Gasteiger charge is 2.16. The van der Waals surface area contributed by atoms with Crippen molar-refractivity contribution in [3.05, 3.63) is 75.3 Å². The van der Waals surface area contributed by atoms with Gasteiger partial charge in [-0.25, -0.2) is 8.42 Å². The molecule has 2 rings (SSSR count). The predicted molar refractivity (Wildman–Crippen MR) is 80.6 cm³/mol. The lowest BCUT2D eigenvalue weighted by atomic mass is 10.1. The van der Waals surface area contributed by atoms with Gasteiger partial charge in [0.1, 0.15) is 0 Å². The van der Waals surface area contributed by atoms with Gasteiger partial charge in [0.25, 0.3) is 5.69 Å². The van der Waals surface area contributed by atoms with Crippen LogP contribution in [0.4, 0.5) is 5.69 Å². The molecule has 0 bridgehead atoms. The molecule has 0 saturated heterocycles. The maximum Gasteiger partial charge on any atom is 0.269 e. The minimum Gasteiger partial charge on any atom is -0.258 e. The van der Waals surface area contributed by atoms with Crippen molar-refractivity contribution in [2.75, 3.05) is 0 Å². The fourth-order valence-electron chi connectivity index (χ4n) is 2.01. The van der Waals surface area contributed by atoms with E-state index < -0.39 is 14.8 Å². The number of hydrogen-bond acceptors (Lipinski definition) is 5. The Morgan fingerprint density at radius 3 is 2.27 bits per heavy atom. The molecule has 0 fully saturated rings. The minimum absolute atomic E-state index is 0.0871. The Labute approximate surface area is 127 Å². The molecular weight excluding hydrogens is 304 g/mol. The van der Waals surface area contributed by atoms with Crippen molar-refractivity contribution in [3.63, 3.8) is 0 Å².